The summed E-state index contributed by atoms with van der Waals surface area (Å²) in [6.07, 6.45) is -2.31. The Morgan fingerprint density at radius 2 is 2.17 bits per heavy atom. The lowest BCUT2D eigenvalue weighted by molar-refractivity contribution is -0.231. The Morgan fingerprint density at radius 3 is 2.58 bits per heavy atom. The molecule has 0 unspecified atom stereocenters. The summed E-state index contributed by atoms with van der Waals surface area (Å²) in [5.74, 6) is 0.200. The number of pyridine rings is 1. The highest BCUT2D eigenvalue weighted by atomic mass is 19.3. The first-order chi connectivity index (χ1) is 5.56. The van der Waals surface area contributed by atoms with Gasteiger partial charge in [0.25, 0.3) is 0 Å². The maximum Gasteiger partial charge on any atom is 0.384 e. The lowest BCUT2D eigenvalue weighted by atomic mass is 10.2. The van der Waals surface area contributed by atoms with Crippen LogP contribution < -0.4 is 5.73 Å². The third-order valence-corrected chi connectivity index (χ3v) is 1.38. The van der Waals surface area contributed by atoms with E-state index in [-0.39, 0.29) is 11.4 Å². The van der Waals surface area contributed by atoms with Crippen LogP contribution in [0.5, 0.6) is 0 Å². The second kappa shape index (κ2) is 3.02. The van der Waals surface area contributed by atoms with E-state index in [9.17, 15) is 8.78 Å². The average Bonchev–Trinajstić information content (AvgIpc) is 2.05. The minimum atomic E-state index is -3.29. The molecule has 0 bridgehead atoms. The van der Waals surface area contributed by atoms with Crippen LogP contribution in [-0.4, -0.2) is 12.1 Å². The van der Waals surface area contributed by atoms with Crippen molar-refractivity contribution in [1.82, 2.24) is 4.98 Å². The van der Waals surface area contributed by atoms with Gasteiger partial charge in [0.2, 0.25) is 0 Å². The van der Waals surface area contributed by atoms with E-state index in [0.717, 1.165) is 13.3 Å². The van der Waals surface area contributed by atoms with Gasteiger partial charge in [0.1, 0.15) is 5.82 Å². The Kier molecular flexibility index (Phi) is 2.23. The Balaban J connectivity index is 2.96. The van der Waals surface area contributed by atoms with Gasteiger partial charge in [-0.2, -0.15) is 8.78 Å². The van der Waals surface area contributed by atoms with Gasteiger partial charge < -0.3 is 10.5 Å². The molecule has 0 saturated heterocycles. The van der Waals surface area contributed by atoms with Crippen LogP contribution in [0.1, 0.15) is 5.56 Å². The van der Waals surface area contributed by atoms with Crippen LogP contribution in [0.2, 0.25) is 0 Å². The summed E-state index contributed by atoms with van der Waals surface area (Å²) in [6, 6.07) is 2.47. The second-order valence-electron chi connectivity index (χ2n) is 2.19. The lowest BCUT2D eigenvalue weighted by Gasteiger charge is -2.12. The molecule has 0 amide bonds. The molecule has 0 aliphatic heterocycles. The summed E-state index contributed by atoms with van der Waals surface area (Å²) < 4.78 is 29.4. The van der Waals surface area contributed by atoms with Gasteiger partial charge in [0.15, 0.2) is 0 Å². The van der Waals surface area contributed by atoms with E-state index < -0.39 is 6.11 Å². The van der Waals surface area contributed by atoms with Crippen LogP contribution >= 0.6 is 0 Å². The summed E-state index contributed by atoms with van der Waals surface area (Å²) in [6.45, 7) is 0. The number of hydrogen-bond acceptors (Lipinski definition) is 3. The molecule has 1 aromatic heterocycles. The van der Waals surface area contributed by atoms with Gasteiger partial charge in [0, 0.05) is 13.3 Å². The van der Waals surface area contributed by atoms with Crippen LogP contribution in [0.15, 0.2) is 18.3 Å². The van der Waals surface area contributed by atoms with Crippen molar-refractivity contribution < 1.29 is 13.5 Å². The molecule has 0 saturated carbocycles. The number of ether oxygens (including phenoxy) is 1. The number of anilines is 1. The fourth-order valence-corrected chi connectivity index (χ4v) is 0.695. The van der Waals surface area contributed by atoms with Gasteiger partial charge in [-0.1, -0.05) is 0 Å². The molecular weight excluding hydrogens is 166 g/mol. The zero-order valence-electron chi connectivity index (χ0n) is 6.42. The quantitative estimate of drug-likeness (QED) is 0.736. The predicted molar refractivity (Wildman–Crippen MR) is 39.6 cm³/mol. The van der Waals surface area contributed by atoms with Gasteiger partial charge in [-0.15, -0.1) is 0 Å². The lowest BCUT2D eigenvalue weighted by Crippen LogP contribution is -2.15. The number of rotatable bonds is 2. The smallest absolute Gasteiger partial charge is 0.384 e. The van der Waals surface area contributed by atoms with Gasteiger partial charge >= 0.3 is 6.11 Å². The second-order valence-corrected chi connectivity index (χ2v) is 2.19. The summed E-state index contributed by atoms with van der Waals surface area (Å²) >= 11 is 0. The standard InChI is InChI=1S/C7H8F2N2O/c1-12-7(8,9)5-2-3-6(10)11-4-5/h2-4H,1H3,(H2,10,11). The van der Waals surface area contributed by atoms with Crippen LogP contribution in [-0.2, 0) is 10.8 Å². The van der Waals surface area contributed by atoms with E-state index in [0.29, 0.717) is 0 Å². The third kappa shape index (κ3) is 1.68. The normalized spacial score (nSPS) is 11.6. The topological polar surface area (TPSA) is 48.1 Å². The zero-order chi connectivity index (χ0) is 9.19. The first kappa shape index (κ1) is 8.86. The molecule has 0 aliphatic carbocycles. The molecule has 5 heteroatoms. The number of nitrogens with zero attached hydrogens (tertiary/aromatic N) is 1. The highest BCUT2D eigenvalue weighted by Gasteiger charge is 2.31. The molecule has 1 heterocycles. The molecule has 0 spiro atoms. The number of aromatic nitrogens is 1. The number of nitrogens with two attached hydrogens (primary N) is 1. The van der Waals surface area contributed by atoms with Crippen molar-refractivity contribution in [2.24, 2.45) is 0 Å². The molecule has 0 atom stereocenters. The minimum absolute atomic E-state index is 0.200. The summed E-state index contributed by atoms with van der Waals surface area (Å²) in [7, 11) is 0.927. The Hall–Kier alpha value is -1.23. The maximum atomic E-state index is 12.7. The van der Waals surface area contributed by atoms with Gasteiger partial charge in [-0.05, 0) is 12.1 Å². The van der Waals surface area contributed by atoms with Crippen LogP contribution in [0, 0.1) is 0 Å². The maximum absolute atomic E-state index is 12.7. The van der Waals surface area contributed by atoms with Gasteiger partial charge in [-0.3, -0.25) is 0 Å². The predicted octanol–water partition coefficient (Wildman–Crippen LogP) is 1.36. The monoisotopic (exact) mass is 174 g/mol. The van der Waals surface area contributed by atoms with E-state index in [2.05, 4.69) is 9.72 Å². The molecule has 12 heavy (non-hydrogen) atoms. The molecule has 66 valence electrons. The molecule has 0 radical (unpaired) electrons. The number of nitrogen functional groups attached to an aromatic ring is 1. The molecule has 2 N–H and O–H groups in total. The third-order valence-electron chi connectivity index (χ3n) is 1.38. The summed E-state index contributed by atoms with van der Waals surface area (Å²) in [4.78, 5) is 3.51. The van der Waals surface area contributed by atoms with Crippen LogP contribution in [0.4, 0.5) is 14.6 Å². The van der Waals surface area contributed by atoms with Gasteiger partial charge in [0.05, 0.1) is 5.56 Å². The molecule has 1 rings (SSSR count). The van der Waals surface area contributed by atoms with Crippen molar-refractivity contribution in [1.29, 1.82) is 0 Å². The molecular formula is C7H8F2N2O. The fourth-order valence-electron chi connectivity index (χ4n) is 0.695. The molecule has 0 fully saturated rings. The van der Waals surface area contributed by atoms with Crippen molar-refractivity contribution in [2.45, 2.75) is 6.11 Å². The number of methoxy groups -OCH3 is 1. The summed E-state index contributed by atoms with van der Waals surface area (Å²) in [5.41, 5.74) is 4.91. The summed E-state index contributed by atoms with van der Waals surface area (Å²) in [5, 5.41) is 0. The minimum Gasteiger partial charge on any atom is -0.384 e. The van der Waals surface area contributed by atoms with E-state index in [1.165, 1.54) is 12.1 Å². The molecule has 3 nitrogen and oxygen atoms in total. The van der Waals surface area contributed by atoms with E-state index in [1.54, 1.807) is 0 Å². The first-order valence-corrected chi connectivity index (χ1v) is 3.21. The van der Waals surface area contributed by atoms with Crippen molar-refractivity contribution >= 4 is 5.82 Å². The van der Waals surface area contributed by atoms with Crippen molar-refractivity contribution in [2.75, 3.05) is 12.8 Å². The first-order valence-electron chi connectivity index (χ1n) is 3.21. The number of alkyl halides is 2. The van der Waals surface area contributed by atoms with Crippen molar-refractivity contribution in [3.63, 3.8) is 0 Å². The van der Waals surface area contributed by atoms with E-state index in [4.69, 9.17) is 5.73 Å². The molecule has 0 aromatic carbocycles. The Morgan fingerprint density at radius 1 is 1.50 bits per heavy atom. The molecule has 0 aliphatic rings. The fraction of sp³-hybridized carbons (Fsp3) is 0.286. The highest BCUT2D eigenvalue weighted by Crippen LogP contribution is 2.27. The van der Waals surface area contributed by atoms with Crippen molar-refractivity contribution in [3.8, 4) is 0 Å². The van der Waals surface area contributed by atoms with E-state index in [1.807, 2.05) is 0 Å². The van der Waals surface area contributed by atoms with Gasteiger partial charge in [-0.25, -0.2) is 4.98 Å². The zero-order valence-corrected chi connectivity index (χ0v) is 6.42. The number of hydrogen-bond donors (Lipinski definition) is 1. The molecule has 1 aromatic rings. The van der Waals surface area contributed by atoms with Crippen molar-refractivity contribution in [3.05, 3.63) is 23.9 Å². The number of halogens is 2. The Labute approximate surface area is 68.2 Å². The highest BCUT2D eigenvalue weighted by molar-refractivity contribution is 5.30. The van der Waals surface area contributed by atoms with Crippen LogP contribution in [0.25, 0.3) is 0 Å². The SMILES string of the molecule is COC(F)(F)c1ccc(N)nc1. The van der Waals surface area contributed by atoms with Crippen LogP contribution in [0.3, 0.4) is 0 Å². The largest absolute Gasteiger partial charge is 0.384 e. The van der Waals surface area contributed by atoms with E-state index >= 15 is 0 Å². The average molecular weight is 174 g/mol. The Bertz CT molecular complexity index is 261.